The topological polar surface area (TPSA) is 52.6 Å². The van der Waals surface area contributed by atoms with Gasteiger partial charge in [-0.2, -0.15) is 0 Å². The maximum Gasteiger partial charge on any atom is 0.334 e. The van der Waals surface area contributed by atoms with Gasteiger partial charge in [-0.25, -0.2) is 9.59 Å². The van der Waals surface area contributed by atoms with E-state index in [1.54, 1.807) is 0 Å². The molecule has 0 aromatic heterocycles. The second kappa shape index (κ2) is 19.2. The van der Waals surface area contributed by atoms with Crippen LogP contribution in [0.3, 0.4) is 0 Å². The lowest BCUT2D eigenvalue weighted by molar-refractivity contribution is -0.136. The summed E-state index contributed by atoms with van der Waals surface area (Å²) >= 11 is 4.30. The first kappa shape index (κ1) is 34.4. The molecule has 0 saturated heterocycles. The van der Waals surface area contributed by atoms with E-state index in [4.69, 9.17) is 9.47 Å². The molecular formula is C38H30I2O4. The number of benzene rings is 4. The zero-order valence-electron chi connectivity index (χ0n) is 24.4. The zero-order valence-corrected chi connectivity index (χ0v) is 28.7. The smallest absolute Gasteiger partial charge is 0.334 e. The molecule has 0 aliphatic rings. The van der Waals surface area contributed by atoms with E-state index in [1.807, 2.05) is 121 Å². The van der Waals surface area contributed by atoms with Gasteiger partial charge in [0.1, 0.15) is 0 Å². The molecule has 0 amide bonds. The Kier molecular flexibility index (Phi) is 15.0. The molecule has 0 radical (unpaired) electrons. The highest BCUT2D eigenvalue weighted by Crippen LogP contribution is 2.16. The van der Waals surface area contributed by atoms with Gasteiger partial charge in [-0.3, -0.25) is 0 Å². The van der Waals surface area contributed by atoms with Crippen LogP contribution < -0.4 is 0 Å². The third-order valence-corrected chi connectivity index (χ3v) is 7.64. The number of esters is 2. The van der Waals surface area contributed by atoms with Crippen LogP contribution in [0.25, 0.3) is 12.2 Å². The van der Waals surface area contributed by atoms with Crippen LogP contribution in [-0.2, 0) is 19.1 Å². The second-order valence-electron chi connectivity index (χ2n) is 9.00. The van der Waals surface area contributed by atoms with E-state index in [0.717, 1.165) is 33.4 Å². The molecule has 0 saturated carbocycles. The first-order valence-corrected chi connectivity index (χ1v) is 16.6. The minimum Gasteiger partial charge on any atom is -0.466 e. The highest BCUT2D eigenvalue weighted by Gasteiger charge is 2.10. The summed E-state index contributed by atoms with van der Waals surface area (Å²) in [6, 6.07) is 35.2. The van der Waals surface area contributed by atoms with Gasteiger partial charge in [-0.1, -0.05) is 142 Å². The van der Waals surface area contributed by atoms with Crippen molar-refractivity contribution >= 4 is 69.3 Å². The molecule has 0 fully saturated rings. The molecule has 0 N–H and O–H groups in total. The molecule has 0 bridgehead atoms. The minimum absolute atomic E-state index is 0.305. The number of hydrogen-bond donors (Lipinski definition) is 0. The quantitative estimate of drug-likeness (QED) is 0.0650. The molecule has 6 heteroatoms. The van der Waals surface area contributed by atoms with E-state index >= 15 is 0 Å². The Morgan fingerprint density at radius 1 is 0.545 bits per heavy atom. The summed E-state index contributed by atoms with van der Waals surface area (Å²) in [5, 5.41) is 0. The molecule has 4 nitrogen and oxygen atoms in total. The van der Waals surface area contributed by atoms with Gasteiger partial charge in [0, 0.05) is 42.3 Å². The molecule has 4 rings (SSSR count). The fourth-order valence-electron chi connectivity index (χ4n) is 3.74. The van der Waals surface area contributed by atoms with Gasteiger partial charge in [0.25, 0.3) is 0 Å². The van der Waals surface area contributed by atoms with E-state index < -0.39 is 0 Å². The zero-order chi connectivity index (χ0) is 31.6. The summed E-state index contributed by atoms with van der Waals surface area (Å²) in [7, 11) is 2.78. The lowest BCUT2D eigenvalue weighted by Gasteiger charge is -2.03. The predicted molar refractivity (Wildman–Crippen MR) is 195 cm³/mol. The predicted octanol–water partition coefficient (Wildman–Crippen LogP) is 8.16. The van der Waals surface area contributed by atoms with E-state index in [9.17, 15) is 9.59 Å². The number of rotatable bonds is 6. The van der Waals surface area contributed by atoms with E-state index in [1.165, 1.54) is 14.2 Å². The molecule has 0 spiro atoms. The van der Waals surface area contributed by atoms with E-state index in [0.29, 0.717) is 20.0 Å². The van der Waals surface area contributed by atoms with Crippen LogP contribution >= 0.6 is 45.2 Å². The van der Waals surface area contributed by atoms with Crippen molar-refractivity contribution in [2.45, 2.75) is 0 Å². The van der Waals surface area contributed by atoms with Gasteiger partial charge in [0.2, 0.25) is 0 Å². The molecule has 0 aliphatic heterocycles. The first-order chi connectivity index (χ1) is 21.5. The average molecular weight is 804 g/mol. The van der Waals surface area contributed by atoms with Crippen molar-refractivity contribution in [1.29, 1.82) is 0 Å². The molecular weight excluding hydrogens is 774 g/mol. The third-order valence-electron chi connectivity index (χ3n) is 5.99. The largest absolute Gasteiger partial charge is 0.466 e. The maximum atomic E-state index is 11.7. The third kappa shape index (κ3) is 11.2. The van der Waals surface area contributed by atoms with Crippen LogP contribution in [0, 0.1) is 23.7 Å². The fraction of sp³-hybridized carbons (Fsp3) is 0.105. The van der Waals surface area contributed by atoms with Crippen molar-refractivity contribution in [3.8, 4) is 23.7 Å². The number of methoxy groups -OCH3 is 2. The SMILES string of the molecule is COC(=O)/C(=C/c1ccccc1C#Cc1ccccc1)CI.COC(=O)/C(=C/c1ccccc1C#Cc1ccccc1)CI. The van der Waals surface area contributed by atoms with Crippen molar-refractivity contribution in [3.63, 3.8) is 0 Å². The number of ether oxygens (including phenoxy) is 2. The molecule has 0 heterocycles. The van der Waals surface area contributed by atoms with Gasteiger partial charge in [-0.05, 0) is 59.7 Å². The average Bonchev–Trinajstić information content (AvgIpc) is 3.09. The van der Waals surface area contributed by atoms with Crippen molar-refractivity contribution in [2.24, 2.45) is 0 Å². The van der Waals surface area contributed by atoms with Crippen LogP contribution in [-0.4, -0.2) is 35.0 Å². The summed E-state index contributed by atoms with van der Waals surface area (Å²) in [6.07, 6.45) is 3.68. The summed E-state index contributed by atoms with van der Waals surface area (Å²) in [6.45, 7) is 0. The Hall–Kier alpha value is -4.12. The van der Waals surface area contributed by atoms with Crippen LogP contribution in [0.2, 0.25) is 0 Å². The van der Waals surface area contributed by atoms with Gasteiger partial charge >= 0.3 is 11.9 Å². The summed E-state index contributed by atoms with van der Waals surface area (Å²) < 4.78 is 10.8. The monoisotopic (exact) mass is 804 g/mol. The van der Waals surface area contributed by atoms with Crippen LogP contribution in [0.5, 0.6) is 0 Å². The molecule has 0 atom stereocenters. The van der Waals surface area contributed by atoms with Crippen molar-refractivity contribution in [2.75, 3.05) is 23.1 Å². The summed E-state index contributed by atoms with van der Waals surface area (Å²) in [5.41, 5.74) is 6.78. The number of carbonyl (C=O) groups excluding carboxylic acids is 2. The van der Waals surface area contributed by atoms with E-state index in [-0.39, 0.29) is 11.9 Å². The van der Waals surface area contributed by atoms with Gasteiger partial charge in [0.15, 0.2) is 0 Å². The van der Waals surface area contributed by atoms with Crippen molar-refractivity contribution < 1.29 is 19.1 Å². The second-order valence-corrected chi connectivity index (χ2v) is 10.5. The Balaban J connectivity index is 0.000000240. The molecule has 0 aliphatic carbocycles. The van der Waals surface area contributed by atoms with Crippen LogP contribution in [0.4, 0.5) is 0 Å². The van der Waals surface area contributed by atoms with Gasteiger partial charge < -0.3 is 9.47 Å². The Morgan fingerprint density at radius 3 is 1.23 bits per heavy atom. The molecule has 0 unspecified atom stereocenters. The normalized spacial score (nSPS) is 10.5. The maximum absolute atomic E-state index is 11.7. The van der Waals surface area contributed by atoms with Gasteiger partial charge in [0.05, 0.1) is 14.2 Å². The number of carbonyl (C=O) groups is 2. The highest BCUT2D eigenvalue weighted by atomic mass is 127. The Labute approximate surface area is 286 Å². The lowest BCUT2D eigenvalue weighted by atomic mass is 10.0. The van der Waals surface area contributed by atoms with Crippen molar-refractivity contribution in [3.05, 3.63) is 154 Å². The van der Waals surface area contributed by atoms with Crippen molar-refractivity contribution in [1.82, 2.24) is 0 Å². The molecule has 4 aromatic carbocycles. The first-order valence-electron chi connectivity index (χ1n) is 13.5. The number of halogens is 2. The lowest BCUT2D eigenvalue weighted by Crippen LogP contribution is -2.05. The van der Waals surface area contributed by atoms with Crippen LogP contribution in [0.1, 0.15) is 33.4 Å². The Morgan fingerprint density at radius 2 is 0.886 bits per heavy atom. The number of alkyl halides is 2. The van der Waals surface area contributed by atoms with E-state index in [2.05, 4.69) is 68.9 Å². The van der Waals surface area contributed by atoms with Gasteiger partial charge in [-0.15, -0.1) is 0 Å². The highest BCUT2D eigenvalue weighted by molar-refractivity contribution is 14.1. The fourth-order valence-corrected chi connectivity index (χ4v) is 4.80. The summed E-state index contributed by atoms with van der Waals surface area (Å²) in [4.78, 5) is 23.4. The molecule has 44 heavy (non-hydrogen) atoms. The summed E-state index contributed by atoms with van der Waals surface area (Å²) in [5.74, 6) is 12.0. The molecule has 220 valence electrons. The Bertz CT molecular complexity index is 1600. The standard InChI is InChI=1S/2C19H15IO2/c2*1-22-19(21)18(14-20)13-17-10-6-5-9-16(17)12-11-15-7-3-2-4-8-15/h2*2-10,13H,14H2,1H3/b2*18-13+. The molecule has 4 aromatic rings. The number of hydrogen-bond acceptors (Lipinski definition) is 4. The minimum atomic E-state index is -0.305. The van der Waals surface area contributed by atoms with Crippen LogP contribution in [0.15, 0.2) is 120 Å².